The summed E-state index contributed by atoms with van der Waals surface area (Å²) >= 11 is 12.6. The number of nitrogens with zero attached hydrogens (tertiary/aromatic N) is 2. The molecule has 0 heterocycles. The maximum Gasteiger partial charge on any atom is 0.271 e. The van der Waals surface area contributed by atoms with Gasteiger partial charge in [0.1, 0.15) is 0 Å². The summed E-state index contributed by atoms with van der Waals surface area (Å²) in [5.74, 6) is 0. The fourth-order valence-corrected chi connectivity index (χ4v) is 3.83. The van der Waals surface area contributed by atoms with Crippen molar-refractivity contribution in [2.24, 2.45) is 0 Å². The number of nitro groups is 2. The molecule has 0 spiro atoms. The molecule has 0 amide bonds. The van der Waals surface area contributed by atoms with Crippen LogP contribution in [-0.4, -0.2) is 9.85 Å². The predicted molar refractivity (Wildman–Crippen MR) is 97.0 cm³/mol. The van der Waals surface area contributed by atoms with E-state index in [1.54, 1.807) is 12.1 Å². The highest BCUT2D eigenvalue weighted by Gasteiger charge is 2.07. The second kappa shape index (κ2) is 8.70. The van der Waals surface area contributed by atoms with E-state index in [2.05, 4.69) is 63.7 Å². The molecule has 0 aliphatic rings. The van der Waals surface area contributed by atoms with E-state index < -0.39 is 9.85 Å². The van der Waals surface area contributed by atoms with Crippen LogP contribution in [0.3, 0.4) is 0 Å². The highest BCUT2D eigenvalue weighted by Crippen LogP contribution is 2.25. The van der Waals surface area contributed by atoms with Crippen molar-refractivity contribution in [3.05, 3.63) is 74.5 Å². The summed E-state index contributed by atoms with van der Waals surface area (Å²) in [5, 5.41) is 20.5. The van der Waals surface area contributed by atoms with Crippen LogP contribution in [0.25, 0.3) is 0 Å². The molecule has 0 atom stereocenters. The molecule has 0 saturated heterocycles. The normalized spacial score (nSPS) is 9.64. The molecule has 2 aromatic rings. The van der Waals surface area contributed by atoms with Crippen molar-refractivity contribution < 1.29 is 9.85 Å². The Balaban J connectivity index is 0.000000220. The maximum atomic E-state index is 10.3. The number of non-ortho nitro benzene ring substituents is 2. The number of hydrogen-bond donors (Lipinski definition) is 0. The Bertz CT molecular complexity index is 622. The van der Waals surface area contributed by atoms with Crippen LogP contribution >= 0.6 is 63.7 Å². The van der Waals surface area contributed by atoms with Crippen LogP contribution in [0.15, 0.2) is 54.3 Å². The van der Waals surface area contributed by atoms with Gasteiger partial charge in [0.25, 0.3) is 11.4 Å². The van der Waals surface area contributed by atoms with E-state index in [0.717, 1.165) is 0 Å². The molecule has 0 aromatic heterocycles. The molecule has 0 aliphatic carbocycles. The lowest BCUT2D eigenvalue weighted by molar-refractivity contribution is -0.385. The Hall–Kier alpha value is -0.840. The van der Waals surface area contributed by atoms with Gasteiger partial charge in [0.15, 0.2) is 0 Å². The first kappa shape index (κ1) is 19.2. The minimum atomic E-state index is -0.435. The fraction of sp³-hybridized carbons (Fsp3) is 0. The van der Waals surface area contributed by atoms with Gasteiger partial charge in [0.2, 0.25) is 0 Å². The minimum absolute atomic E-state index is 0.0752. The van der Waals surface area contributed by atoms with Crippen LogP contribution in [0.4, 0.5) is 11.4 Å². The summed E-state index contributed by atoms with van der Waals surface area (Å²) in [6.07, 6.45) is 0. The Morgan fingerprint density at radius 1 is 0.591 bits per heavy atom. The molecule has 0 fully saturated rings. The lowest BCUT2D eigenvalue weighted by atomic mass is 10.3. The van der Waals surface area contributed by atoms with Crippen LogP contribution < -0.4 is 0 Å². The zero-order valence-corrected chi connectivity index (χ0v) is 16.8. The molecule has 0 aliphatic heterocycles. The molecule has 116 valence electrons. The van der Waals surface area contributed by atoms with Crippen LogP contribution in [0.1, 0.15) is 0 Å². The molecule has 0 saturated carbocycles. The number of nitro benzene ring substituents is 2. The minimum Gasteiger partial charge on any atom is -0.258 e. The number of benzene rings is 2. The summed E-state index contributed by atoms with van der Waals surface area (Å²) in [7, 11) is 0. The van der Waals surface area contributed by atoms with Crippen molar-refractivity contribution in [3.63, 3.8) is 0 Å². The first-order valence-electron chi connectivity index (χ1n) is 5.40. The summed E-state index contributed by atoms with van der Waals surface area (Å²) in [4.78, 5) is 19.7. The average Bonchev–Trinajstić information content (AvgIpc) is 2.37. The van der Waals surface area contributed by atoms with E-state index >= 15 is 0 Å². The SMILES string of the molecule is O=[N+]([O-])c1cc(Br)cc(Br)c1.O=[N+]([O-])c1cc(Br)cc(Br)c1. The van der Waals surface area contributed by atoms with Crippen LogP contribution in [0, 0.1) is 20.2 Å². The average molecular weight is 562 g/mol. The molecule has 2 aromatic carbocycles. The summed E-state index contributed by atoms with van der Waals surface area (Å²) < 4.78 is 2.77. The lowest BCUT2D eigenvalue weighted by Gasteiger charge is -1.93. The van der Waals surface area contributed by atoms with Crippen molar-refractivity contribution in [3.8, 4) is 0 Å². The van der Waals surface area contributed by atoms with Gasteiger partial charge in [0, 0.05) is 42.2 Å². The third-order valence-corrected chi connectivity index (χ3v) is 3.95. The van der Waals surface area contributed by atoms with Gasteiger partial charge in [-0.2, -0.15) is 0 Å². The Morgan fingerprint density at radius 2 is 0.818 bits per heavy atom. The van der Waals surface area contributed by atoms with Crippen molar-refractivity contribution in [1.82, 2.24) is 0 Å². The molecule has 0 radical (unpaired) electrons. The van der Waals surface area contributed by atoms with Crippen molar-refractivity contribution in [2.45, 2.75) is 0 Å². The second-order valence-corrected chi connectivity index (χ2v) is 7.43. The first-order chi connectivity index (χ1) is 10.2. The molecule has 0 unspecified atom stereocenters. The summed E-state index contributed by atoms with van der Waals surface area (Å²) in [6, 6.07) is 9.28. The quantitative estimate of drug-likeness (QED) is 0.321. The van der Waals surface area contributed by atoms with Gasteiger partial charge < -0.3 is 0 Å². The van der Waals surface area contributed by atoms with E-state index in [9.17, 15) is 20.2 Å². The monoisotopic (exact) mass is 558 g/mol. The first-order valence-corrected chi connectivity index (χ1v) is 8.57. The zero-order chi connectivity index (χ0) is 16.9. The maximum absolute atomic E-state index is 10.3. The number of rotatable bonds is 2. The van der Waals surface area contributed by atoms with Gasteiger partial charge >= 0.3 is 0 Å². The molecule has 10 heteroatoms. The van der Waals surface area contributed by atoms with Crippen LogP contribution in [0.5, 0.6) is 0 Å². The Morgan fingerprint density at radius 3 is 1.00 bits per heavy atom. The lowest BCUT2D eigenvalue weighted by Crippen LogP contribution is -1.86. The van der Waals surface area contributed by atoms with Gasteiger partial charge in [0.05, 0.1) is 9.85 Å². The highest BCUT2D eigenvalue weighted by molar-refractivity contribution is 9.11. The van der Waals surface area contributed by atoms with Gasteiger partial charge in [-0.25, -0.2) is 0 Å². The third kappa shape index (κ3) is 6.51. The molecule has 6 nitrogen and oxygen atoms in total. The smallest absolute Gasteiger partial charge is 0.258 e. The number of halogens is 4. The van der Waals surface area contributed by atoms with Crippen molar-refractivity contribution >= 4 is 75.1 Å². The van der Waals surface area contributed by atoms with Gasteiger partial charge in [-0.3, -0.25) is 20.2 Å². The predicted octanol–water partition coefficient (Wildman–Crippen LogP) is 6.24. The van der Waals surface area contributed by atoms with E-state index in [0.29, 0.717) is 17.9 Å². The van der Waals surface area contributed by atoms with E-state index in [-0.39, 0.29) is 11.4 Å². The zero-order valence-electron chi connectivity index (χ0n) is 10.5. The van der Waals surface area contributed by atoms with E-state index in [4.69, 9.17) is 0 Å². The molecule has 0 bridgehead atoms. The highest BCUT2D eigenvalue weighted by atomic mass is 79.9. The Labute approximate surface area is 158 Å². The van der Waals surface area contributed by atoms with Gasteiger partial charge in [-0.05, 0) is 12.1 Å². The largest absolute Gasteiger partial charge is 0.271 e. The fourth-order valence-electron chi connectivity index (χ4n) is 1.29. The molecule has 22 heavy (non-hydrogen) atoms. The summed E-state index contributed by atoms with van der Waals surface area (Å²) in [6.45, 7) is 0. The van der Waals surface area contributed by atoms with E-state index in [1.165, 1.54) is 24.3 Å². The van der Waals surface area contributed by atoms with Gasteiger partial charge in [-0.1, -0.05) is 63.7 Å². The van der Waals surface area contributed by atoms with Crippen LogP contribution in [-0.2, 0) is 0 Å². The molecule has 2 rings (SSSR count). The molecule has 0 N–H and O–H groups in total. The molecular formula is C12H6Br4N2O4. The van der Waals surface area contributed by atoms with Crippen LogP contribution in [0.2, 0.25) is 0 Å². The third-order valence-electron chi connectivity index (χ3n) is 2.12. The van der Waals surface area contributed by atoms with Crippen molar-refractivity contribution in [1.29, 1.82) is 0 Å². The van der Waals surface area contributed by atoms with Gasteiger partial charge in [-0.15, -0.1) is 0 Å². The molecular weight excluding hydrogens is 556 g/mol. The van der Waals surface area contributed by atoms with Crippen molar-refractivity contribution in [2.75, 3.05) is 0 Å². The second-order valence-electron chi connectivity index (χ2n) is 3.77. The number of hydrogen-bond acceptors (Lipinski definition) is 4. The standard InChI is InChI=1S/2C6H3Br2NO2/c2*7-4-1-5(8)3-6(2-4)9(10)11/h2*1-3H. The topological polar surface area (TPSA) is 86.3 Å². The summed E-state index contributed by atoms with van der Waals surface area (Å²) in [5.41, 5.74) is 0.150. The van der Waals surface area contributed by atoms with E-state index in [1.807, 2.05) is 0 Å². The Kier molecular flexibility index (Phi) is 7.60.